The van der Waals surface area contributed by atoms with E-state index >= 15 is 8.78 Å². The number of ether oxygens (including phenoxy) is 3. The first-order valence-corrected chi connectivity index (χ1v) is 10.2. The monoisotopic (exact) mass is 474 g/mol. The second-order valence-electron chi connectivity index (χ2n) is 7.44. The predicted molar refractivity (Wildman–Crippen MR) is 113 cm³/mol. The molecule has 0 radical (unpaired) electrons. The molecule has 0 bridgehead atoms. The van der Waals surface area contributed by atoms with Gasteiger partial charge in [0.25, 0.3) is 0 Å². The molecule has 1 fully saturated rings. The molecule has 12 heteroatoms. The van der Waals surface area contributed by atoms with Crippen molar-refractivity contribution in [3.63, 3.8) is 0 Å². The van der Waals surface area contributed by atoms with Gasteiger partial charge in [0.2, 0.25) is 6.23 Å². The summed E-state index contributed by atoms with van der Waals surface area (Å²) in [6.45, 7) is -1.17. The average Bonchev–Trinajstić information content (AvgIpc) is 3.08. The molecule has 3 unspecified atom stereocenters. The zero-order valence-electron chi connectivity index (χ0n) is 17.6. The molecule has 4 rings (SSSR count). The van der Waals surface area contributed by atoms with Crippen molar-refractivity contribution in [1.29, 1.82) is 0 Å². The topological polar surface area (TPSA) is 133 Å². The van der Waals surface area contributed by atoms with Crippen LogP contribution in [0.4, 0.5) is 13.6 Å². The third-order valence-corrected chi connectivity index (χ3v) is 5.15. The van der Waals surface area contributed by atoms with Gasteiger partial charge in [-0.3, -0.25) is 10.2 Å². The number of halogens is 2. The molecule has 3 N–H and O–H groups in total. The fraction of sp³-hybridized carbons (Fsp3) is 0.273. The number of hydrogen-bond acceptors (Lipinski definition) is 8. The molecule has 0 spiro atoms. The zero-order chi connectivity index (χ0) is 24.3. The lowest BCUT2D eigenvalue weighted by Gasteiger charge is -2.32. The summed E-state index contributed by atoms with van der Waals surface area (Å²) in [6, 6.07) is 14.5. The second kappa shape index (κ2) is 9.43. The number of nitrogens with one attached hydrogen (secondary N) is 1. The van der Waals surface area contributed by atoms with Gasteiger partial charge in [-0.1, -0.05) is 36.4 Å². The van der Waals surface area contributed by atoms with Gasteiger partial charge < -0.3 is 19.9 Å². The second-order valence-corrected chi connectivity index (χ2v) is 7.44. The smallest absolute Gasteiger partial charge is 0.338 e. The van der Waals surface area contributed by atoms with Crippen molar-refractivity contribution in [2.24, 2.45) is 10.7 Å². The number of alkyl halides is 2. The van der Waals surface area contributed by atoms with E-state index in [1.807, 2.05) is 0 Å². The normalized spacial score (nSPS) is 23.6. The van der Waals surface area contributed by atoms with Gasteiger partial charge in [-0.2, -0.15) is 8.78 Å². The minimum Gasteiger partial charge on any atom is -0.459 e. The Morgan fingerprint density at radius 2 is 1.68 bits per heavy atom. The number of rotatable bonds is 6. The van der Waals surface area contributed by atoms with Crippen LogP contribution in [0.5, 0.6) is 0 Å². The summed E-state index contributed by atoms with van der Waals surface area (Å²) in [5.41, 5.74) is 5.64. The molecule has 34 heavy (non-hydrogen) atoms. The van der Waals surface area contributed by atoms with Gasteiger partial charge in [0.1, 0.15) is 19.4 Å². The van der Waals surface area contributed by atoms with Crippen molar-refractivity contribution < 1.29 is 37.4 Å². The minimum atomic E-state index is -3.87. The summed E-state index contributed by atoms with van der Waals surface area (Å²) in [5.74, 6) is -5.91. The van der Waals surface area contributed by atoms with E-state index < -0.39 is 55.6 Å². The van der Waals surface area contributed by atoms with Crippen LogP contribution >= 0.6 is 0 Å². The molecule has 1 saturated heterocycles. The summed E-state index contributed by atoms with van der Waals surface area (Å²) in [5, 5.41) is 2.12. The maximum absolute atomic E-state index is 15.5. The van der Waals surface area contributed by atoms with E-state index in [9.17, 15) is 14.4 Å². The highest BCUT2D eigenvalue weighted by Gasteiger charge is 2.64. The molecule has 2 amide bonds. The summed E-state index contributed by atoms with van der Waals surface area (Å²) in [7, 11) is 0. The highest BCUT2D eigenvalue weighted by Crippen LogP contribution is 2.41. The Kier molecular flexibility index (Phi) is 6.41. The molecule has 2 aliphatic rings. The third-order valence-electron chi connectivity index (χ3n) is 5.15. The number of esters is 2. The Hall–Kier alpha value is -4.06. The third kappa shape index (κ3) is 4.66. The molecule has 2 aromatic carbocycles. The van der Waals surface area contributed by atoms with Crippen LogP contribution in [0.2, 0.25) is 0 Å². The maximum Gasteiger partial charge on any atom is 0.338 e. The summed E-state index contributed by atoms with van der Waals surface area (Å²) >= 11 is 0. The van der Waals surface area contributed by atoms with Crippen LogP contribution in [0.3, 0.4) is 0 Å². The highest BCUT2D eigenvalue weighted by atomic mass is 19.3. The lowest BCUT2D eigenvalue weighted by molar-refractivity contribution is -0.155. The molecular weight excluding hydrogens is 454 g/mol. The van der Waals surface area contributed by atoms with Crippen LogP contribution < -0.4 is 11.1 Å². The SMILES string of the molecule is NC1=NCN(C2OC(COC(=O)c3ccccc3)C(OC(=O)c3ccccc3)C2(F)F)C(=O)N1. The number of carbonyl (C=O) groups is 3. The minimum absolute atomic E-state index is 0.0369. The number of benzene rings is 2. The van der Waals surface area contributed by atoms with Crippen LogP contribution in [0.15, 0.2) is 65.7 Å². The predicted octanol–water partition coefficient (Wildman–Crippen LogP) is 1.73. The summed E-state index contributed by atoms with van der Waals surface area (Å²) in [6.07, 6.45) is -5.89. The Morgan fingerprint density at radius 1 is 1.09 bits per heavy atom. The van der Waals surface area contributed by atoms with E-state index in [0.29, 0.717) is 4.90 Å². The lowest BCUT2D eigenvalue weighted by Crippen LogP contribution is -2.59. The van der Waals surface area contributed by atoms with Crippen LogP contribution in [-0.2, 0) is 14.2 Å². The Labute approximate surface area is 192 Å². The molecule has 3 atom stereocenters. The molecule has 0 saturated carbocycles. The number of amides is 2. The van der Waals surface area contributed by atoms with Crippen molar-refractivity contribution in [3.8, 4) is 0 Å². The Balaban J connectivity index is 1.56. The first kappa shape index (κ1) is 23.1. The van der Waals surface area contributed by atoms with E-state index in [4.69, 9.17) is 19.9 Å². The largest absolute Gasteiger partial charge is 0.459 e. The van der Waals surface area contributed by atoms with Gasteiger partial charge >= 0.3 is 23.9 Å². The van der Waals surface area contributed by atoms with Crippen molar-refractivity contribution in [1.82, 2.24) is 10.2 Å². The summed E-state index contributed by atoms with van der Waals surface area (Å²) in [4.78, 5) is 41.4. The number of urea groups is 1. The van der Waals surface area contributed by atoms with E-state index in [-0.39, 0.29) is 17.1 Å². The number of guanidine groups is 1. The first-order chi connectivity index (χ1) is 16.3. The Bertz CT molecular complexity index is 1100. The quantitative estimate of drug-likeness (QED) is 0.610. The highest BCUT2D eigenvalue weighted by molar-refractivity contribution is 5.97. The summed E-state index contributed by atoms with van der Waals surface area (Å²) < 4.78 is 46.6. The van der Waals surface area contributed by atoms with E-state index in [1.165, 1.54) is 24.3 Å². The van der Waals surface area contributed by atoms with Crippen molar-refractivity contribution in [2.45, 2.75) is 24.4 Å². The zero-order valence-corrected chi connectivity index (χ0v) is 17.6. The van der Waals surface area contributed by atoms with Crippen molar-refractivity contribution in [2.75, 3.05) is 13.3 Å². The number of hydrogen-bond donors (Lipinski definition) is 2. The molecule has 2 heterocycles. The van der Waals surface area contributed by atoms with Crippen LogP contribution in [-0.4, -0.2) is 66.5 Å². The molecule has 0 aromatic heterocycles. The van der Waals surface area contributed by atoms with E-state index in [1.54, 1.807) is 36.4 Å². The fourth-order valence-corrected chi connectivity index (χ4v) is 3.47. The lowest BCUT2D eigenvalue weighted by atomic mass is 10.1. The van der Waals surface area contributed by atoms with Crippen LogP contribution in [0, 0.1) is 0 Å². The number of aliphatic imine (C=N–C) groups is 1. The van der Waals surface area contributed by atoms with Gasteiger partial charge in [-0.05, 0) is 24.3 Å². The van der Waals surface area contributed by atoms with Crippen molar-refractivity contribution in [3.05, 3.63) is 71.8 Å². The van der Waals surface area contributed by atoms with E-state index in [2.05, 4.69) is 10.3 Å². The Morgan fingerprint density at radius 3 is 2.26 bits per heavy atom. The van der Waals surface area contributed by atoms with E-state index in [0.717, 1.165) is 0 Å². The van der Waals surface area contributed by atoms with Gasteiger partial charge in [-0.15, -0.1) is 0 Å². The van der Waals surface area contributed by atoms with Crippen molar-refractivity contribution >= 4 is 23.9 Å². The van der Waals surface area contributed by atoms with Crippen LogP contribution in [0.1, 0.15) is 20.7 Å². The van der Waals surface area contributed by atoms with Gasteiger partial charge in [0.15, 0.2) is 12.1 Å². The number of nitrogens with two attached hydrogens (primary N) is 1. The van der Waals surface area contributed by atoms with Gasteiger partial charge in [0.05, 0.1) is 11.1 Å². The standard InChI is InChI=1S/C22H20F2N4O6/c23-22(24)16(34-18(30)14-9-5-2-6-10-14)15(11-32-17(29)13-7-3-1-4-8-13)33-19(22)28-12-26-20(25)27-21(28)31/h1-10,15-16,19H,11-12H2,(H3,25,26,27,31). The van der Waals surface area contributed by atoms with Crippen LogP contribution in [0.25, 0.3) is 0 Å². The average molecular weight is 474 g/mol. The van der Waals surface area contributed by atoms with Gasteiger partial charge in [0, 0.05) is 0 Å². The van der Waals surface area contributed by atoms with Gasteiger partial charge in [-0.25, -0.2) is 19.4 Å². The molecule has 2 aliphatic heterocycles. The first-order valence-electron chi connectivity index (χ1n) is 10.2. The number of nitrogens with zero attached hydrogens (tertiary/aromatic N) is 2. The fourth-order valence-electron chi connectivity index (χ4n) is 3.47. The molecular formula is C22H20F2N4O6. The number of carbonyl (C=O) groups excluding carboxylic acids is 3. The molecule has 178 valence electrons. The molecule has 2 aromatic rings. The molecule has 0 aliphatic carbocycles. The molecule has 10 nitrogen and oxygen atoms in total. The maximum atomic E-state index is 15.5.